The fourth-order valence-electron chi connectivity index (χ4n) is 3.00. The van der Waals surface area contributed by atoms with Crippen molar-refractivity contribution in [2.45, 2.75) is 18.3 Å². The lowest BCUT2D eigenvalue weighted by molar-refractivity contribution is 0.934. The lowest BCUT2D eigenvalue weighted by Gasteiger charge is -2.03. The van der Waals surface area contributed by atoms with Gasteiger partial charge in [-0.2, -0.15) is 5.10 Å². The van der Waals surface area contributed by atoms with Crippen molar-refractivity contribution in [3.05, 3.63) is 66.0 Å². The third kappa shape index (κ3) is 2.09. The van der Waals surface area contributed by atoms with Crippen LogP contribution in [-0.4, -0.2) is 15.2 Å². The molecule has 1 fully saturated rings. The third-order valence-electron chi connectivity index (χ3n) is 4.13. The maximum absolute atomic E-state index is 6.04. The molecular weight excluding hydrogens is 260 g/mol. The average Bonchev–Trinajstić information content (AvgIpc) is 3.25. The Hall–Kier alpha value is -2.62. The van der Waals surface area contributed by atoms with Crippen LogP contribution >= 0.6 is 0 Å². The molecule has 4 rings (SSSR count). The van der Waals surface area contributed by atoms with Crippen LogP contribution in [0.5, 0.6) is 0 Å². The predicted molar refractivity (Wildman–Crippen MR) is 82.8 cm³/mol. The zero-order chi connectivity index (χ0) is 14.2. The molecule has 0 bridgehead atoms. The molecule has 0 saturated heterocycles. The molecule has 0 amide bonds. The maximum Gasteiger partial charge on any atom is 0.154 e. The quantitative estimate of drug-likeness (QED) is 0.771. The Morgan fingerprint density at radius 1 is 1.00 bits per heavy atom. The van der Waals surface area contributed by atoms with E-state index < -0.39 is 0 Å². The molecule has 1 aliphatic rings. The zero-order valence-corrected chi connectivity index (χ0v) is 11.5. The Labute approximate surface area is 123 Å². The second-order valence-electron chi connectivity index (χ2n) is 5.47. The third-order valence-corrected chi connectivity index (χ3v) is 4.13. The Balaban J connectivity index is 1.69. The van der Waals surface area contributed by atoms with Gasteiger partial charge in [0.2, 0.25) is 0 Å². The number of nitrogens with one attached hydrogen (secondary N) is 1. The van der Waals surface area contributed by atoms with Gasteiger partial charge >= 0.3 is 0 Å². The molecule has 2 atom stereocenters. The van der Waals surface area contributed by atoms with Gasteiger partial charge in [0.15, 0.2) is 5.82 Å². The van der Waals surface area contributed by atoms with E-state index in [-0.39, 0.29) is 0 Å². The number of pyridine rings is 1. The fourth-order valence-corrected chi connectivity index (χ4v) is 3.00. The average molecular weight is 276 g/mol. The first-order chi connectivity index (χ1) is 10.3. The summed E-state index contributed by atoms with van der Waals surface area (Å²) in [4.78, 5) is 4.41. The topological polar surface area (TPSA) is 67.6 Å². The van der Waals surface area contributed by atoms with Crippen LogP contribution in [0, 0.1) is 0 Å². The summed E-state index contributed by atoms with van der Waals surface area (Å²) in [7, 11) is 0. The summed E-state index contributed by atoms with van der Waals surface area (Å²) >= 11 is 0. The molecule has 21 heavy (non-hydrogen) atoms. The molecule has 1 aromatic carbocycles. The SMILES string of the molecule is Nc1n[nH]c(C2CC2c2ccccc2)c1-c1ccccn1. The van der Waals surface area contributed by atoms with Crippen LogP contribution in [-0.2, 0) is 0 Å². The molecule has 3 aromatic rings. The smallest absolute Gasteiger partial charge is 0.154 e. The summed E-state index contributed by atoms with van der Waals surface area (Å²) in [5.41, 5.74) is 10.4. The number of aromatic amines is 1. The van der Waals surface area contributed by atoms with Gasteiger partial charge in [0.1, 0.15) is 0 Å². The minimum Gasteiger partial charge on any atom is -0.382 e. The number of hydrogen-bond acceptors (Lipinski definition) is 3. The molecule has 4 heteroatoms. The Morgan fingerprint density at radius 2 is 1.81 bits per heavy atom. The van der Waals surface area contributed by atoms with E-state index in [1.165, 1.54) is 5.56 Å². The minimum absolute atomic E-state index is 0.453. The van der Waals surface area contributed by atoms with Crippen LogP contribution in [0.4, 0.5) is 5.82 Å². The molecule has 0 radical (unpaired) electrons. The Kier molecular flexibility index (Phi) is 2.74. The molecule has 4 nitrogen and oxygen atoms in total. The number of nitrogens with two attached hydrogens (primary N) is 1. The van der Waals surface area contributed by atoms with Gasteiger partial charge in [-0.15, -0.1) is 0 Å². The summed E-state index contributed by atoms with van der Waals surface area (Å²) < 4.78 is 0. The van der Waals surface area contributed by atoms with Crippen molar-refractivity contribution in [3.8, 4) is 11.3 Å². The van der Waals surface area contributed by atoms with Gasteiger partial charge < -0.3 is 5.73 Å². The highest BCUT2D eigenvalue weighted by molar-refractivity contribution is 5.74. The molecule has 0 spiro atoms. The van der Waals surface area contributed by atoms with Gasteiger partial charge in [-0.25, -0.2) is 0 Å². The van der Waals surface area contributed by atoms with Gasteiger partial charge in [0, 0.05) is 12.1 Å². The van der Waals surface area contributed by atoms with Gasteiger partial charge in [-0.1, -0.05) is 36.4 Å². The zero-order valence-electron chi connectivity index (χ0n) is 11.5. The maximum atomic E-state index is 6.04. The van der Waals surface area contributed by atoms with Crippen molar-refractivity contribution in [2.24, 2.45) is 0 Å². The molecular formula is C17H16N4. The molecule has 3 N–H and O–H groups in total. The largest absolute Gasteiger partial charge is 0.382 e. The normalized spacial score (nSPS) is 20.4. The number of hydrogen-bond donors (Lipinski definition) is 2. The second kappa shape index (κ2) is 4.74. The van der Waals surface area contributed by atoms with Crippen molar-refractivity contribution in [1.82, 2.24) is 15.2 Å². The lowest BCUT2D eigenvalue weighted by Crippen LogP contribution is -1.92. The van der Waals surface area contributed by atoms with E-state index >= 15 is 0 Å². The number of H-pyrrole nitrogens is 1. The van der Waals surface area contributed by atoms with Crippen LogP contribution in [0.1, 0.15) is 29.5 Å². The molecule has 104 valence electrons. The van der Waals surface area contributed by atoms with E-state index in [2.05, 4.69) is 39.4 Å². The van der Waals surface area contributed by atoms with Gasteiger partial charge in [-0.3, -0.25) is 10.1 Å². The predicted octanol–water partition coefficient (Wildman–Crippen LogP) is 3.33. The number of benzene rings is 1. The van der Waals surface area contributed by atoms with Crippen LogP contribution < -0.4 is 5.73 Å². The van der Waals surface area contributed by atoms with E-state index in [1.807, 2.05) is 24.3 Å². The highest BCUT2D eigenvalue weighted by Crippen LogP contribution is 2.56. The van der Waals surface area contributed by atoms with E-state index in [9.17, 15) is 0 Å². The molecule has 0 aliphatic heterocycles. The first kappa shape index (κ1) is 12.1. The monoisotopic (exact) mass is 276 g/mol. The number of anilines is 1. The van der Waals surface area contributed by atoms with E-state index in [4.69, 9.17) is 5.73 Å². The first-order valence-corrected chi connectivity index (χ1v) is 7.14. The van der Waals surface area contributed by atoms with E-state index in [0.717, 1.165) is 23.4 Å². The lowest BCUT2D eigenvalue weighted by atomic mass is 10.0. The Bertz CT molecular complexity index is 749. The van der Waals surface area contributed by atoms with Crippen molar-refractivity contribution >= 4 is 5.82 Å². The Morgan fingerprint density at radius 3 is 2.57 bits per heavy atom. The number of aromatic nitrogens is 3. The number of rotatable bonds is 3. The summed E-state index contributed by atoms with van der Waals surface area (Å²) in [6, 6.07) is 16.5. The summed E-state index contributed by atoms with van der Waals surface area (Å²) in [5.74, 6) is 1.53. The van der Waals surface area contributed by atoms with Crippen LogP contribution in [0.15, 0.2) is 54.7 Å². The van der Waals surface area contributed by atoms with E-state index in [1.54, 1.807) is 6.20 Å². The molecule has 2 unspecified atom stereocenters. The molecule has 1 aliphatic carbocycles. The van der Waals surface area contributed by atoms with Crippen molar-refractivity contribution in [1.29, 1.82) is 0 Å². The standard InChI is InChI=1S/C17H16N4/c18-17-15(14-8-4-5-9-19-14)16(20-21-17)13-10-12(13)11-6-2-1-3-7-11/h1-9,12-13H,10H2,(H3,18,20,21). The van der Waals surface area contributed by atoms with Gasteiger partial charge in [-0.05, 0) is 30.0 Å². The first-order valence-electron chi connectivity index (χ1n) is 7.14. The number of nitrogen functional groups attached to an aromatic ring is 1. The fraction of sp³-hybridized carbons (Fsp3) is 0.176. The van der Waals surface area contributed by atoms with Crippen molar-refractivity contribution in [2.75, 3.05) is 5.73 Å². The summed E-state index contributed by atoms with van der Waals surface area (Å²) in [6.45, 7) is 0. The molecule has 2 heterocycles. The highest BCUT2D eigenvalue weighted by atomic mass is 15.2. The molecule has 1 saturated carbocycles. The van der Waals surface area contributed by atoms with E-state index in [0.29, 0.717) is 17.7 Å². The minimum atomic E-state index is 0.453. The van der Waals surface area contributed by atoms with Crippen LogP contribution in [0.3, 0.4) is 0 Å². The van der Waals surface area contributed by atoms with Crippen molar-refractivity contribution in [3.63, 3.8) is 0 Å². The van der Waals surface area contributed by atoms with Crippen molar-refractivity contribution < 1.29 is 0 Å². The summed E-state index contributed by atoms with van der Waals surface area (Å²) in [6.07, 6.45) is 2.92. The highest BCUT2D eigenvalue weighted by Gasteiger charge is 2.42. The summed E-state index contributed by atoms with van der Waals surface area (Å²) in [5, 5.41) is 7.31. The molecule has 2 aromatic heterocycles. The second-order valence-corrected chi connectivity index (χ2v) is 5.47. The van der Waals surface area contributed by atoms with Gasteiger partial charge in [0.05, 0.1) is 17.0 Å². The van der Waals surface area contributed by atoms with Crippen LogP contribution in [0.2, 0.25) is 0 Å². The number of nitrogens with zero attached hydrogens (tertiary/aromatic N) is 2. The van der Waals surface area contributed by atoms with Gasteiger partial charge in [0.25, 0.3) is 0 Å². The van der Waals surface area contributed by atoms with Crippen LogP contribution in [0.25, 0.3) is 11.3 Å².